The molecule has 4 heteroatoms. The highest BCUT2D eigenvalue weighted by Crippen LogP contribution is 2.18. The second-order valence-corrected chi connectivity index (χ2v) is 8.62. The van der Waals surface area contributed by atoms with Crippen LogP contribution in [0, 0.1) is 6.92 Å². The molecular formula is C27H38N2O2. The van der Waals surface area contributed by atoms with Crippen molar-refractivity contribution in [1.29, 1.82) is 0 Å². The third-order valence-corrected chi connectivity index (χ3v) is 5.68. The van der Waals surface area contributed by atoms with E-state index in [1.165, 1.54) is 11.1 Å². The molecule has 0 aliphatic rings. The summed E-state index contributed by atoms with van der Waals surface area (Å²) in [5.41, 5.74) is 4.67. The monoisotopic (exact) mass is 422 g/mol. The predicted molar refractivity (Wildman–Crippen MR) is 128 cm³/mol. The summed E-state index contributed by atoms with van der Waals surface area (Å²) in [6, 6.07) is 16.2. The van der Waals surface area contributed by atoms with Crippen molar-refractivity contribution in [3.8, 4) is 0 Å². The summed E-state index contributed by atoms with van der Waals surface area (Å²) < 4.78 is 0. The minimum absolute atomic E-state index is 0.0204. The van der Waals surface area contributed by atoms with Crippen molar-refractivity contribution in [2.24, 2.45) is 0 Å². The Balaban J connectivity index is 2.15. The summed E-state index contributed by atoms with van der Waals surface area (Å²) in [5, 5.41) is 2.97. The molecule has 0 radical (unpaired) electrons. The van der Waals surface area contributed by atoms with Crippen LogP contribution < -0.4 is 5.32 Å². The molecule has 2 aromatic carbocycles. The lowest BCUT2D eigenvalue weighted by molar-refractivity contribution is -0.141. The molecule has 2 rings (SSSR count). The van der Waals surface area contributed by atoms with Crippen LogP contribution in [0.4, 0.5) is 0 Å². The number of hydrogen-bond acceptors (Lipinski definition) is 2. The molecule has 0 fully saturated rings. The molecule has 2 amide bonds. The fourth-order valence-electron chi connectivity index (χ4n) is 3.64. The van der Waals surface area contributed by atoms with Gasteiger partial charge in [0.1, 0.15) is 6.04 Å². The Morgan fingerprint density at radius 1 is 0.935 bits per heavy atom. The van der Waals surface area contributed by atoms with E-state index >= 15 is 0 Å². The van der Waals surface area contributed by atoms with E-state index in [0.717, 1.165) is 17.5 Å². The minimum Gasteiger partial charge on any atom is -0.354 e. The molecule has 4 nitrogen and oxygen atoms in total. The Morgan fingerprint density at radius 2 is 1.55 bits per heavy atom. The number of rotatable bonds is 11. The summed E-state index contributed by atoms with van der Waals surface area (Å²) in [5.74, 6) is 0.450. The summed E-state index contributed by atoms with van der Waals surface area (Å²) in [6.45, 7) is 11.5. The molecule has 1 atom stereocenters. The Hall–Kier alpha value is -2.62. The molecule has 0 aliphatic carbocycles. The summed E-state index contributed by atoms with van der Waals surface area (Å²) in [7, 11) is 0. The molecule has 1 unspecified atom stereocenters. The van der Waals surface area contributed by atoms with Crippen molar-refractivity contribution in [2.75, 3.05) is 6.54 Å². The zero-order valence-electron chi connectivity index (χ0n) is 19.8. The number of nitrogens with one attached hydrogen (secondary N) is 1. The second kappa shape index (κ2) is 12.3. The highest BCUT2D eigenvalue weighted by molar-refractivity contribution is 5.87. The average Bonchev–Trinajstić information content (AvgIpc) is 2.77. The van der Waals surface area contributed by atoms with E-state index in [1.807, 2.05) is 45.0 Å². The van der Waals surface area contributed by atoms with Crippen LogP contribution in [0.1, 0.15) is 75.1 Å². The molecule has 168 valence electrons. The molecule has 0 spiro atoms. The van der Waals surface area contributed by atoms with Crippen molar-refractivity contribution >= 4 is 11.8 Å². The van der Waals surface area contributed by atoms with E-state index in [-0.39, 0.29) is 11.8 Å². The number of benzene rings is 2. The predicted octanol–water partition coefficient (Wildman–Crippen LogP) is 5.38. The van der Waals surface area contributed by atoms with Gasteiger partial charge in [-0.25, -0.2) is 0 Å². The van der Waals surface area contributed by atoms with Crippen LogP contribution in [0.2, 0.25) is 0 Å². The first-order chi connectivity index (χ1) is 14.8. The van der Waals surface area contributed by atoms with Crippen LogP contribution in [-0.2, 0) is 22.6 Å². The molecule has 2 aromatic rings. The van der Waals surface area contributed by atoms with Crippen LogP contribution >= 0.6 is 0 Å². The number of nitrogens with zero attached hydrogens (tertiary/aromatic N) is 1. The molecular weight excluding hydrogens is 384 g/mol. The first-order valence-electron chi connectivity index (χ1n) is 11.6. The SMILES string of the molecule is CCCNC(=O)C(CC)N(Cc1ccc(C)cc1)C(=O)CCc1ccc(C(C)C)cc1. The fourth-order valence-corrected chi connectivity index (χ4v) is 3.64. The minimum atomic E-state index is -0.455. The fraction of sp³-hybridized carbons (Fsp3) is 0.481. The van der Waals surface area contributed by atoms with Gasteiger partial charge in [-0.3, -0.25) is 9.59 Å². The van der Waals surface area contributed by atoms with Gasteiger partial charge in [0.15, 0.2) is 0 Å². The highest BCUT2D eigenvalue weighted by Gasteiger charge is 2.28. The van der Waals surface area contributed by atoms with E-state index in [4.69, 9.17) is 0 Å². The highest BCUT2D eigenvalue weighted by atomic mass is 16.2. The Kier molecular flexibility index (Phi) is 9.77. The van der Waals surface area contributed by atoms with E-state index in [1.54, 1.807) is 4.90 Å². The molecule has 0 bridgehead atoms. The summed E-state index contributed by atoms with van der Waals surface area (Å²) in [4.78, 5) is 27.8. The van der Waals surface area contributed by atoms with E-state index in [0.29, 0.717) is 38.3 Å². The number of amides is 2. The van der Waals surface area contributed by atoms with Gasteiger partial charge >= 0.3 is 0 Å². The van der Waals surface area contributed by atoms with Gasteiger partial charge in [-0.05, 0) is 48.8 Å². The molecule has 0 saturated heterocycles. The van der Waals surface area contributed by atoms with Crippen molar-refractivity contribution in [1.82, 2.24) is 10.2 Å². The summed E-state index contributed by atoms with van der Waals surface area (Å²) >= 11 is 0. The van der Waals surface area contributed by atoms with Gasteiger partial charge in [0.05, 0.1) is 0 Å². The van der Waals surface area contributed by atoms with E-state index < -0.39 is 6.04 Å². The van der Waals surface area contributed by atoms with E-state index in [2.05, 4.69) is 43.4 Å². The zero-order valence-corrected chi connectivity index (χ0v) is 19.8. The Bertz CT molecular complexity index is 825. The smallest absolute Gasteiger partial charge is 0.242 e. The molecule has 1 N–H and O–H groups in total. The van der Waals surface area contributed by atoms with Crippen molar-refractivity contribution in [3.63, 3.8) is 0 Å². The van der Waals surface area contributed by atoms with Gasteiger partial charge < -0.3 is 10.2 Å². The van der Waals surface area contributed by atoms with Crippen LogP contribution in [-0.4, -0.2) is 29.3 Å². The Labute approximate surface area is 188 Å². The molecule has 31 heavy (non-hydrogen) atoms. The maximum atomic E-state index is 13.3. The van der Waals surface area contributed by atoms with E-state index in [9.17, 15) is 9.59 Å². The zero-order chi connectivity index (χ0) is 22.8. The normalized spacial score (nSPS) is 11.9. The van der Waals surface area contributed by atoms with Crippen LogP contribution in [0.25, 0.3) is 0 Å². The van der Waals surface area contributed by atoms with Crippen molar-refractivity contribution in [2.45, 2.75) is 78.8 Å². The topological polar surface area (TPSA) is 49.4 Å². The van der Waals surface area contributed by atoms with Crippen LogP contribution in [0.3, 0.4) is 0 Å². The second-order valence-electron chi connectivity index (χ2n) is 8.62. The third-order valence-electron chi connectivity index (χ3n) is 5.68. The Morgan fingerprint density at radius 3 is 2.10 bits per heavy atom. The van der Waals surface area contributed by atoms with Crippen molar-refractivity contribution in [3.05, 3.63) is 70.8 Å². The first-order valence-corrected chi connectivity index (χ1v) is 11.6. The molecule has 0 saturated carbocycles. The van der Waals surface area contributed by atoms with Gasteiger partial charge in [0.2, 0.25) is 11.8 Å². The molecule has 0 aliphatic heterocycles. The maximum absolute atomic E-state index is 13.3. The third kappa shape index (κ3) is 7.54. The van der Waals surface area contributed by atoms with Gasteiger partial charge in [-0.15, -0.1) is 0 Å². The lowest BCUT2D eigenvalue weighted by atomic mass is 10.00. The largest absolute Gasteiger partial charge is 0.354 e. The number of aryl methyl sites for hydroxylation is 2. The standard InChI is InChI=1S/C27H38N2O2/c1-6-18-28-27(31)25(7-2)29(19-23-10-8-21(5)9-11-23)26(30)17-14-22-12-15-24(16-13-22)20(3)4/h8-13,15-16,20,25H,6-7,14,17-19H2,1-5H3,(H,28,31). The van der Waals surface area contributed by atoms with Crippen molar-refractivity contribution < 1.29 is 9.59 Å². The summed E-state index contributed by atoms with van der Waals surface area (Å²) in [6.07, 6.45) is 2.54. The van der Waals surface area contributed by atoms with Gasteiger partial charge in [0, 0.05) is 19.5 Å². The lowest BCUT2D eigenvalue weighted by Crippen LogP contribution is -2.49. The first kappa shape index (κ1) is 24.6. The number of carbonyl (C=O) groups excluding carboxylic acids is 2. The number of carbonyl (C=O) groups is 2. The van der Waals surface area contributed by atoms with Gasteiger partial charge in [-0.1, -0.05) is 81.8 Å². The molecule has 0 heterocycles. The quantitative estimate of drug-likeness (QED) is 0.528. The van der Waals surface area contributed by atoms with Gasteiger partial charge in [-0.2, -0.15) is 0 Å². The lowest BCUT2D eigenvalue weighted by Gasteiger charge is -2.31. The van der Waals surface area contributed by atoms with Gasteiger partial charge in [0.25, 0.3) is 0 Å². The molecule has 0 aromatic heterocycles. The number of hydrogen-bond donors (Lipinski definition) is 1. The van der Waals surface area contributed by atoms with Crippen LogP contribution in [0.15, 0.2) is 48.5 Å². The van der Waals surface area contributed by atoms with Crippen LogP contribution in [0.5, 0.6) is 0 Å². The average molecular weight is 423 g/mol. The maximum Gasteiger partial charge on any atom is 0.242 e.